The van der Waals surface area contributed by atoms with Gasteiger partial charge in [-0.1, -0.05) is 6.92 Å². The molecule has 21 heavy (non-hydrogen) atoms. The largest absolute Gasteiger partial charge is 0.478 e. The number of rotatable bonds is 6. The van der Waals surface area contributed by atoms with Crippen molar-refractivity contribution in [2.75, 3.05) is 19.0 Å². The molecule has 0 radical (unpaired) electrons. The molecule has 0 spiro atoms. The second-order valence-corrected chi connectivity index (χ2v) is 4.96. The molecule has 0 aliphatic carbocycles. The van der Waals surface area contributed by atoms with Crippen LogP contribution in [0, 0.1) is 6.92 Å². The van der Waals surface area contributed by atoms with E-state index in [1.807, 2.05) is 13.8 Å². The van der Waals surface area contributed by atoms with Crippen LogP contribution in [0.5, 0.6) is 0 Å². The van der Waals surface area contributed by atoms with Crippen molar-refractivity contribution in [2.24, 2.45) is 7.05 Å². The maximum Gasteiger partial charge on any atom is 0.339 e. The van der Waals surface area contributed by atoms with Crippen molar-refractivity contribution >= 4 is 22.7 Å². The summed E-state index contributed by atoms with van der Waals surface area (Å²) in [4.78, 5) is 15.7. The zero-order valence-corrected chi connectivity index (χ0v) is 12.7. The number of carbonyl (C=O) groups is 1. The van der Waals surface area contributed by atoms with Crippen molar-refractivity contribution in [3.8, 4) is 0 Å². The van der Waals surface area contributed by atoms with Crippen LogP contribution >= 0.6 is 0 Å². The van der Waals surface area contributed by atoms with Gasteiger partial charge in [0.25, 0.3) is 0 Å². The van der Waals surface area contributed by atoms with E-state index >= 15 is 0 Å². The summed E-state index contributed by atoms with van der Waals surface area (Å²) in [7, 11) is 3.42. The Kier molecular flexibility index (Phi) is 4.42. The highest BCUT2D eigenvalue weighted by molar-refractivity contribution is 6.04. The van der Waals surface area contributed by atoms with Crippen LogP contribution in [0.1, 0.15) is 29.4 Å². The van der Waals surface area contributed by atoms with E-state index in [2.05, 4.69) is 15.4 Å². The number of nitrogens with zero attached hydrogens (tertiary/aromatic N) is 3. The van der Waals surface area contributed by atoms with E-state index in [9.17, 15) is 9.90 Å². The second kappa shape index (κ2) is 6.09. The minimum atomic E-state index is -1.01. The Labute approximate surface area is 122 Å². The average molecular weight is 292 g/mol. The van der Waals surface area contributed by atoms with Crippen molar-refractivity contribution in [1.82, 2.24) is 14.8 Å². The third-order valence-electron chi connectivity index (χ3n) is 3.47. The van der Waals surface area contributed by atoms with Gasteiger partial charge in [-0.05, 0) is 13.3 Å². The minimum Gasteiger partial charge on any atom is -0.478 e. The number of hydrogen-bond donors (Lipinski definition) is 2. The number of carboxylic acids is 1. The Morgan fingerprint density at radius 1 is 1.57 bits per heavy atom. The van der Waals surface area contributed by atoms with Crippen LogP contribution in [-0.4, -0.2) is 45.6 Å². The SMILES string of the molecule is CCC(COC)Nc1c(C(=O)O)cnc2c1c(C)nn2C. The van der Waals surface area contributed by atoms with E-state index in [-0.39, 0.29) is 11.6 Å². The molecule has 2 rings (SSSR count). The molecule has 2 aromatic rings. The smallest absolute Gasteiger partial charge is 0.339 e. The zero-order valence-electron chi connectivity index (χ0n) is 12.7. The van der Waals surface area contributed by atoms with Crippen LogP contribution in [0.15, 0.2) is 6.20 Å². The highest BCUT2D eigenvalue weighted by Gasteiger charge is 2.21. The number of methoxy groups -OCH3 is 1. The van der Waals surface area contributed by atoms with E-state index in [1.165, 1.54) is 6.20 Å². The summed E-state index contributed by atoms with van der Waals surface area (Å²) >= 11 is 0. The lowest BCUT2D eigenvalue weighted by Gasteiger charge is -2.19. The van der Waals surface area contributed by atoms with Crippen LogP contribution in [0.3, 0.4) is 0 Å². The Morgan fingerprint density at radius 3 is 2.86 bits per heavy atom. The Bertz CT molecular complexity index is 666. The summed E-state index contributed by atoms with van der Waals surface area (Å²) in [6.45, 7) is 4.36. The number of hydrogen-bond acceptors (Lipinski definition) is 5. The van der Waals surface area contributed by atoms with Crippen LogP contribution in [0.25, 0.3) is 11.0 Å². The van der Waals surface area contributed by atoms with E-state index in [1.54, 1.807) is 18.8 Å². The van der Waals surface area contributed by atoms with Crippen molar-refractivity contribution < 1.29 is 14.6 Å². The Morgan fingerprint density at radius 2 is 2.29 bits per heavy atom. The summed E-state index contributed by atoms with van der Waals surface area (Å²) in [6.07, 6.45) is 2.18. The fourth-order valence-electron chi connectivity index (χ4n) is 2.39. The first-order valence-electron chi connectivity index (χ1n) is 6.80. The molecule has 7 nitrogen and oxygen atoms in total. The molecule has 0 bridgehead atoms. The van der Waals surface area contributed by atoms with E-state index < -0.39 is 5.97 Å². The molecule has 2 N–H and O–H groups in total. The van der Waals surface area contributed by atoms with E-state index in [0.717, 1.165) is 17.5 Å². The summed E-state index contributed by atoms with van der Waals surface area (Å²) < 4.78 is 6.82. The number of aryl methyl sites for hydroxylation is 2. The molecule has 0 aliphatic rings. The molecule has 2 heterocycles. The van der Waals surface area contributed by atoms with Gasteiger partial charge in [-0.3, -0.25) is 4.68 Å². The Balaban J connectivity index is 2.61. The molecule has 0 fully saturated rings. The second-order valence-electron chi connectivity index (χ2n) is 4.96. The number of aromatic carboxylic acids is 1. The maximum absolute atomic E-state index is 11.5. The van der Waals surface area contributed by atoms with Crippen LogP contribution in [-0.2, 0) is 11.8 Å². The molecule has 0 aliphatic heterocycles. The fraction of sp³-hybridized carbons (Fsp3) is 0.500. The molecule has 2 aromatic heterocycles. The summed E-state index contributed by atoms with van der Waals surface area (Å²) in [5.41, 5.74) is 2.11. The van der Waals surface area contributed by atoms with Crippen LogP contribution in [0.4, 0.5) is 5.69 Å². The summed E-state index contributed by atoms with van der Waals surface area (Å²) in [6, 6.07) is 0.0262. The standard InChI is InChI=1S/C14H20N4O3/c1-5-9(7-21-4)16-12-10(14(19)20)6-15-13-11(12)8(2)17-18(13)3/h6,9H,5,7H2,1-4H3,(H,15,16)(H,19,20). The predicted molar refractivity (Wildman–Crippen MR) is 79.8 cm³/mol. The normalized spacial score (nSPS) is 12.6. The number of carboxylic acid groups (broad SMARTS) is 1. The first-order chi connectivity index (χ1) is 9.99. The topological polar surface area (TPSA) is 89.3 Å². The number of nitrogens with one attached hydrogen (secondary N) is 1. The molecular weight excluding hydrogens is 272 g/mol. The van der Waals surface area contributed by atoms with Crippen molar-refractivity contribution in [3.05, 3.63) is 17.5 Å². The van der Waals surface area contributed by atoms with Gasteiger partial charge in [0.1, 0.15) is 5.56 Å². The molecule has 7 heteroatoms. The first kappa shape index (κ1) is 15.2. The third-order valence-corrected chi connectivity index (χ3v) is 3.47. The van der Waals surface area contributed by atoms with E-state index in [0.29, 0.717) is 17.9 Å². The van der Waals surface area contributed by atoms with Gasteiger partial charge in [0.15, 0.2) is 5.65 Å². The van der Waals surface area contributed by atoms with Crippen molar-refractivity contribution in [1.29, 1.82) is 0 Å². The first-order valence-corrected chi connectivity index (χ1v) is 6.80. The number of fused-ring (bicyclic) bond motifs is 1. The third kappa shape index (κ3) is 2.82. The lowest BCUT2D eigenvalue weighted by Crippen LogP contribution is -2.25. The zero-order chi connectivity index (χ0) is 15.6. The Hall–Kier alpha value is -2.15. The number of aromatic nitrogens is 3. The lowest BCUT2D eigenvalue weighted by molar-refractivity contribution is 0.0697. The van der Waals surface area contributed by atoms with Gasteiger partial charge in [0, 0.05) is 26.4 Å². The molecular formula is C14H20N4O3. The molecule has 0 saturated heterocycles. The van der Waals surface area contributed by atoms with E-state index in [4.69, 9.17) is 4.74 Å². The van der Waals surface area contributed by atoms with Gasteiger partial charge in [-0.25, -0.2) is 9.78 Å². The molecule has 0 aromatic carbocycles. The molecule has 1 atom stereocenters. The highest BCUT2D eigenvalue weighted by Crippen LogP contribution is 2.29. The van der Waals surface area contributed by atoms with Crippen molar-refractivity contribution in [2.45, 2.75) is 26.3 Å². The molecule has 0 saturated carbocycles. The average Bonchev–Trinajstić information content (AvgIpc) is 2.73. The molecule has 1 unspecified atom stereocenters. The minimum absolute atomic E-state index is 0.0262. The van der Waals surface area contributed by atoms with Crippen LogP contribution < -0.4 is 5.32 Å². The van der Waals surface area contributed by atoms with Gasteiger partial charge >= 0.3 is 5.97 Å². The number of anilines is 1. The monoisotopic (exact) mass is 292 g/mol. The quantitative estimate of drug-likeness (QED) is 0.844. The van der Waals surface area contributed by atoms with Gasteiger partial charge in [0.05, 0.1) is 23.4 Å². The predicted octanol–water partition coefficient (Wildman–Crippen LogP) is 1.81. The maximum atomic E-state index is 11.5. The van der Waals surface area contributed by atoms with Gasteiger partial charge in [-0.15, -0.1) is 0 Å². The lowest BCUT2D eigenvalue weighted by atomic mass is 10.1. The molecule has 0 amide bonds. The van der Waals surface area contributed by atoms with Crippen molar-refractivity contribution in [3.63, 3.8) is 0 Å². The summed E-state index contributed by atoms with van der Waals surface area (Å²) in [5, 5.41) is 17.7. The van der Waals surface area contributed by atoms with Crippen LogP contribution in [0.2, 0.25) is 0 Å². The van der Waals surface area contributed by atoms with Gasteiger partial charge in [-0.2, -0.15) is 5.10 Å². The number of pyridine rings is 1. The highest BCUT2D eigenvalue weighted by atomic mass is 16.5. The van der Waals surface area contributed by atoms with Gasteiger partial charge in [0.2, 0.25) is 0 Å². The summed E-state index contributed by atoms with van der Waals surface area (Å²) in [5.74, 6) is -1.01. The fourth-order valence-corrected chi connectivity index (χ4v) is 2.39. The van der Waals surface area contributed by atoms with Gasteiger partial charge < -0.3 is 15.2 Å². The molecule has 114 valence electrons. The number of ether oxygens (including phenoxy) is 1.